The number of hydrogen-bond acceptors (Lipinski definition) is 0. The Morgan fingerprint density at radius 1 is 0.964 bits per heavy atom. The summed E-state index contributed by atoms with van der Waals surface area (Å²) in [7, 11) is 0. The molecule has 1 aromatic heterocycles. The Bertz CT molecular complexity index is 1060. The van der Waals surface area contributed by atoms with Crippen molar-refractivity contribution < 1.29 is 4.57 Å². The Balaban J connectivity index is 2.10. The van der Waals surface area contributed by atoms with Gasteiger partial charge in [0, 0.05) is 29.0 Å². The minimum atomic E-state index is -0.0657. The molecule has 0 saturated carbocycles. The molecule has 144 valence electrons. The number of rotatable bonds is 5. The third-order valence-corrected chi connectivity index (χ3v) is 7.13. The quantitative estimate of drug-likeness (QED) is 0.367. The van der Waals surface area contributed by atoms with Gasteiger partial charge in [-0.25, -0.2) is 0 Å². The average molecular weight is 435 g/mol. The predicted octanol–water partition coefficient (Wildman–Crippen LogP) is 7.44. The molecular weight excluding hydrogens is 406 g/mol. The summed E-state index contributed by atoms with van der Waals surface area (Å²) in [5, 5.41) is 2.75. The van der Waals surface area contributed by atoms with Crippen LogP contribution < -0.4 is 4.57 Å². The van der Waals surface area contributed by atoms with E-state index in [1.807, 2.05) is 0 Å². The number of pyridine rings is 1. The lowest BCUT2D eigenvalue weighted by Gasteiger charge is -2.35. The van der Waals surface area contributed by atoms with Crippen LogP contribution in [0.15, 0.2) is 59.7 Å². The Morgan fingerprint density at radius 2 is 1.75 bits per heavy atom. The topological polar surface area (TPSA) is 3.88 Å². The number of halogens is 1. The number of fused-ring (bicyclic) bond motifs is 5. The van der Waals surface area contributed by atoms with Crippen LogP contribution >= 0.6 is 15.9 Å². The molecule has 1 nitrogen and oxygen atoms in total. The molecule has 0 bridgehead atoms. The summed E-state index contributed by atoms with van der Waals surface area (Å²) in [5.41, 5.74) is 6.54. The summed E-state index contributed by atoms with van der Waals surface area (Å²) in [6.45, 7) is 11.4. The maximum atomic E-state index is 4.58. The monoisotopic (exact) mass is 434 g/mol. The van der Waals surface area contributed by atoms with Crippen LogP contribution in [0.25, 0.3) is 27.6 Å². The van der Waals surface area contributed by atoms with E-state index in [0.717, 1.165) is 23.7 Å². The van der Waals surface area contributed by atoms with Gasteiger partial charge in [0.25, 0.3) is 0 Å². The predicted molar refractivity (Wildman–Crippen MR) is 123 cm³/mol. The van der Waals surface area contributed by atoms with Crippen molar-refractivity contribution in [1.82, 2.24) is 0 Å². The van der Waals surface area contributed by atoms with Crippen LogP contribution in [-0.4, -0.2) is 0 Å². The minimum absolute atomic E-state index is 0.0657. The first-order chi connectivity index (χ1) is 13.6. The van der Waals surface area contributed by atoms with E-state index in [0.29, 0.717) is 0 Å². The number of benzene rings is 2. The summed E-state index contributed by atoms with van der Waals surface area (Å²) >= 11 is 3.70. The zero-order valence-corrected chi connectivity index (χ0v) is 18.8. The van der Waals surface area contributed by atoms with Crippen LogP contribution in [0, 0.1) is 0 Å². The van der Waals surface area contributed by atoms with Gasteiger partial charge in [-0.1, -0.05) is 67.9 Å². The van der Waals surface area contributed by atoms with E-state index >= 15 is 0 Å². The van der Waals surface area contributed by atoms with Crippen LogP contribution in [0.1, 0.15) is 57.6 Å². The van der Waals surface area contributed by atoms with E-state index in [-0.39, 0.29) is 5.54 Å². The second kappa shape index (κ2) is 7.48. The molecule has 0 aliphatic carbocycles. The van der Waals surface area contributed by atoms with Gasteiger partial charge in [0.15, 0.2) is 11.7 Å². The van der Waals surface area contributed by atoms with Gasteiger partial charge >= 0.3 is 0 Å². The maximum Gasteiger partial charge on any atom is 0.221 e. The number of hydrogen-bond donors (Lipinski definition) is 0. The molecule has 2 heteroatoms. The Labute approximate surface area is 177 Å². The third-order valence-electron chi connectivity index (χ3n) is 6.64. The molecule has 28 heavy (non-hydrogen) atoms. The van der Waals surface area contributed by atoms with E-state index in [9.17, 15) is 0 Å². The van der Waals surface area contributed by atoms with Crippen molar-refractivity contribution in [3.63, 3.8) is 0 Å². The molecule has 2 heterocycles. The molecule has 0 fully saturated rings. The molecule has 2 aromatic carbocycles. The fraction of sp³-hybridized carbons (Fsp3) is 0.346. The van der Waals surface area contributed by atoms with Crippen LogP contribution in [-0.2, 0) is 12.0 Å². The molecule has 0 atom stereocenters. The molecular formula is C26H29BrN+. The standard InChI is InChI=1S/C26H29BrN/c1-5-8-10-19-11-9-12-23-22(19)15-16-28-25(23)24-17-20(27)13-14-21(24)18(4)26(28,6-2)7-3/h9,11-17H,4-8,10H2,1-3H3/q+1. The molecule has 4 rings (SSSR count). The van der Waals surface area contributed by atoms with Crippen LogP contribution in [0.3, 0.4) is 0 Å². The SMILES string of the molecule is C=C1c2ccc(Br)cc2-c2c3cccc(CCCC)c3cc[n+]2C1(CC)CC. The molecule has 0 saturated heterocycles. The van der Waals surface area contributed by atoms with Crippen LogP contribution in [0.4, 0.5) is 0 Å². The largest absolute Gasteiger partial charge is 0.221 e. The second-order valence-electron chi connectivity index (χ2n) is 7.92. The van der Waals surface area contributed by atoms with Crippen molar-refractivity contribution in [1.29, 1.82) is 0 Å². The lowest BCUT2D eigenvalue weighted by molar-refractivity contribution is -0.740. The maximum absolute atomic E-state index is 4.58. The molecule has 0 radical (unpaired) electrons. The Hall–Kier alpha value is -1.93. The van der Waals surface area contributed by atoms with Gasteiger partial charge in [0.05, 0.1) is 10.9 Å². The van der Waals surface area contributed by atoms with Gasteiger partial charge in [0.1, 0.15) is 0 Å². The summed E-state index contributed by atoms with van der Waals surface area (Å²) in [6.07, 6.45) is 7.99. The Morgan fingerprint density at radius 3 is 2.46 bits per heavy atom. The van der Waals surface area contributed by atoms with Gasteiger partial charge in [-0.05, 0) is 47.6 Å². The van der Waals surface area contributed by atoms with Crippen molar-refractivity contribution in [2.24, 2.45) is 0 Å². The average Bonchev–Trinajstić information content (AvgIpc) is 2.72. The number of aryl methyl sites for hydroxylation is 1. The van der Waals surface area contributed by atoms with Crippen molar-refractivity contribution >= 4 is 32.3 Å². The number of nitrogens with zero attached hydrogens (tertiary/aromatic N) is 1. The Kier molecular flexibility index (Phi) is 5.18. The molecule has 0 N–H and O–H groups in total. The number of aromatic nitrogens is 1. The van der Waals surface area contributed by atoms with Crippen molar-refractivity contribution in [3.8, 4) is 11.3 Å². The number of unbranched alkanes of at least 4 members (excludes halogenated alkanes) is 1. The highest BCUT2D eigenvalue weighted by Gasteiger charge is 2.47. The molecule has 0 unspecified atom stereocenters. The zero-order valence-electron chi connectivity index (χ0n) is 17.2. The first kappa shape index (κ1) is 19.4. The fourth-order valence-corrected chi connectivity index (χ4v) is 5.34. The highest BCUT2D eigenvalue weighted by molar-refractivity contribution is 9.10. The van der Waals surface area contributed by atoms with E-state index in [2.05, 4.69) is 96.5 Å². The number of allylic oxidation sites excluding steroid dienone is 1. The normalized spacial score (nSPS) is 14.8. The van der Waals surface area contributed by atoms with Gasteiger partial charge < -0.3 is 0 Å². The van der Waals surface area contributed by atoms with E-state index in [1.165, 1.54) is 51.6 Å². The molecule has 1 aliphatic heterocycles. The molecule has 0 spiro atoms. The summed E-state index contributed by atoms with van der Waals surface area (Å²) < 4.78 is 3.63. The lowest BCUT2D eigenvalue weighted by atomic mass is 9.75. The molecule has 1 aliphatic rings. The highest BCUT2D eigenvalue weighted by atomic mass is 79.9. The van der Waals surface area contributed by atoms with E-state index < -0.39 is 0 Å². The highest BCUT2D eigenvalue weighted by Crippen LogP contribution is 2.46. The van der Waals surface area contributed by atoms with E-state index in [1.54, 1.807) is 0 Å². The van der Waals surface area contributed by atoms with Crippen molar-refractivity contribution in [3.05, 3.63) is 70.8 Å². The van der Waals surface area contributed by atoms with Gasteiger partial charge in [-0.3, -0.25) is 0 Å². The first-order valence-corrected chi connectivity index (χ1v) is 11.3. The third kappa shape index (κ3) is 2.76. The summed E-state index contributed by atoms with van der Waals surface area (Å²) in [4.78, 5) is 0. The molecule has 3 aromatic rings. The van der Waals surface area contributed by atoms with E-state index in [4.69, 9.17) is 0 Å². The van der Waals surface area contributed by atoms with Crippen molar-refractivity contribution in [2.75, 3.05) is 0 Å². The first-order valence-electron chi connectivity index (χ1n) is 10.5. The summed E-state index contributed by atoms with van der Waals surface area (Å²) in [5.74, 6) is 0. The smallest absolute Gasteiger partial charge is 0.188 e. The van der Waals surface area contributed by atoms with Gasteiger partial charge in [0.2, 0.25) is 5.69 Å². The fourth-order valence-electron chi connectivity index (χ4n) is 4.98. The second-order valence-corrected chi connectivity index (χ2v) is 8.84. The van der Waals surface area contributed by atoms with Crippen molar-refractivity contribution in [2.45, 2.75) is 58.4 Å². The minimum Gasteiger partial charge on any atom is -0.188 e. The van der Waals surface area contributed by atoms with Gasteiger partial charge in [-0.2, -0.15) is 4.57 Å². The van der Waals surface area contributed by atoms with Crippen LogP contribution in [0.2, 0.25) is 0 Å². The van der Waals surface area contributed by atoms with Gasteiger partial charge in [-0.15, -0.1) is 0 Å². The van der Waals surface area contributed by atoms with Crippen LogP contribution in [0.5, 0.6) is 0 Å². The zero-order chi connectivity index (χ0) is 19.9. The molecule has 0 amide bonds. The lowest BCUT2D eigenvalue weighted by Crippen LogP contribution is -2.59. The summed E-state index contributed by atoms with van der Waals surface area (Å²) in [6, 6.07) is 15.8.